The number of hydrogen-bond acceptors (Lipinski definition) is 5. The predicted molar refractivity (Wildman–Crippen MR) is 105 cm³/mol. The fourth-order valence-corrected chi connectivity index (χ4v) is 3.52. The lowest BCUT2D eigenvalue weighted by atomic mass is 10.2. The zero-order valence-electron chi connectivity index (χ0n) is 16.1. The van der Waals surface area contributed by atoms with Gasteiger partial charge in [0.1, 0.15) is 6.54 Å². The van der Waals surface area contributed by atoms with E-state index in [0.29, 0.717) is 18.3 Å². The molecule has 1 amide bonds. The van der Waals surface area contributed by atoms with Gasteiger partial charge in [0.25, 0.3) is 0 Å². The SMILES string of the molecule is Cc1cc(-c2nnc(-c3ccccc3)o2)c(C)n1CC(=O)NC[C@H]1CCCO1. The molecule has 146 valence electrons. The number of amides is 1. The molecule has 3 heterocycles. The Morgan fingerprint density at radius 2 is 2.00 bits per heavy atom. The summed E-state index contributed by atoms with van der Waals surface area (Å²) in [5, 5.41) is 11.3. The summed E-state index contributed by atoms with van der Waals surface area (Å²) in [7, 11) is 0. The van der Waals surface area contributed by atoms with Crippen LogP contribution in [0, 0.1) is 13.8 Å². The van der Waals surface area contributed by atoms with Crippen LogP contribution in [-0.2, 0) is 16.1 Å². The van der Waals surface area contributed by atoms with Gasteiger partial charge in [-0.2, -0.15) is 0 Å². The Hall–Kier alpha value is -2.93. The normalized spacial score (nSPS) is 16.4. The lowest BCUT2D eigenvalue weighted by molar-refractivity contribution is -0.122. The van der Waals surface area contributed by atoms with Gasteiger partial charge < -0.3 is 19.0 Å². The molecule has 0 radical (unpaired) electrons. The summed E-state index contributed by atoms with van der Waals surface area (Å²) in [6.07, 6.45) is 2.21. The van der Waals surface area contributed by atoms with E-state index in [0.717, 1.165) is 42.0 Å². The Kier molecular flexibility index (Phi) is 5.25. The molecule has 0 unspecified atom stereocenters. The first-order valence-corrected chi connectivity index (χ1v) is 9.56. The van der Waals surface area contributed by atoms with Crippen LogP contribution < -0.4 is 5.32 Å². The molecule has 1 saturated heterocycles. The third kappa shape index (κ3) is 3.84. The summed E-state index contributed by atoms with van der Waals surface area (Å²) < 4.78 is 13.4. The van der Waals surface area contributed by atoms with Gasteiger partial charge in [0.15, 0.2) is 0 Å². The maximum absolute atomic E-state index is 12.4. The van der Waals surface area contributed by atoms with Crippen LogP contribution in [0.4, 0.5) is 0 Å². The number of nitrogens with one attached hydrogen (secondary N) is 1. The predicted octanol–water partition coefficient (Wildman–Crippen LogP) is 3.12. The zero-order valence-corrected chi connectivity index (χ0v) is 16.1. The van der Waals surface area contributed by atoms with Gasteiger partial charge in [-0.15, -0.1) is 10.2 Å². The lowest BCUT2D eigenvalue weighted by Crippen LogP contribution is -2.34. The molecule has 0 bridgehead atoms. The molecular weight excluding hydrogens is 356 g/mol. The van der Waals surface area contributed by atoms with Crippen molar-refractivity contribution < 1.29 is 13.9 Å². The summed E-state index contributed by atoms with van der Waals surface area (Å²) >= 11 is 0. The van der Waals surface area contributed by atoms with Crippen molar-refractivity contribution in [2.45, 2.75) is 39.3 Å². The Morgan fingerprint density at radius 3 is 2.75 bits per heavy atom. The van der Waals surface area contributed by atoms with Crippen LogP contribution >= 0.6 is 0 Å². The second-order valence-electron chi connectivity index (χ2n) is 7.09. The molecule has 1 aliphatic heterocycles. The number of aromatic nitrogens is 3. The number of benzene rings is 1. The topological polar surface area (TPSA) is 82.2 Å². The Balaban J connectivity index is 1.48. The third-order valence-electron chi connectivity index (χ3n) is 5.10. The van der Waals surface area contributed by atoms with E-state index in [1.807, 2.05) is 54.8 Å². The smallest absolute Gasteiger partial charge is 0.249 e. The molecule has 0 spiro atoms. The molecule has 0 saturated carbocycles. The van der Waals surface area contributed by atoms with Crippen LogP contribution in [0.3, 0.4) is 0 Å². The van der Waals surface area contributed by atoms with Crippen molar-refractivity contribution in [1.82, 2.24) is 20.1 Å². The minimum absolute atomic E-state index is 0.0284. The summed E-state index contributed by atoms with van der Waals surface area (Å²) in [6.45, 7) is 5.54. The van der Waals surface area contributed by atoms with Crippen molar-refractivity contribution in [1.29, 1.82) is 0 Å². The van der Waals surface area contributed by atoms with Crippen LogP contribution in [0.5, 0.6) is 0 Å². The van der Waals surface area contributed by atoms with Crippen molar-refractivity contribution in [2.24, 2.45) is 0 Å². The minimum atomic E-state index is -0.0284. The van der Waals surface area contributed by atoms with Crippen molar-refractivity contribution in [3.05, 3.63) is 47.8 Å². The number of ether oxygens (including phenoxy) is 1. The molecule has 1 N–H and O–H groups in total. The zero-order chi connectivity index (χ0) is 19.5. The monoisotopic (exact) mass is 380 g/mol. The van der Waals surface area contributed by atoms with Crippen LogP contribution in [0.25, 0.3) is 22.9 Å². The number of carbonyl (C=O) groups is 1. The van der Waals surface area contributed by atoms with Crippen LogP contribution in [0.2, 0.25) is 0 Å². The number of nitrogens with zero attached hydrogens (tertiary/aromatic N) is 3. The molecule has 4 rings (SSSR count). The van der Waals surface area contributed by atoms with Gasteiger partial charge >= 0.3 is 0 Å². The molecule has 7 nitrogen and oxygen atoms in total. The van der Waals surface area contributed by atoms with E-state index >= 15 is 0 Å². The van der Waals surface area contributed by atoms with E-state index in [4.69, 9.17) is 9.15 Å². The first kappa shape index (κ1) is 18.4. The maximum atomic E-state index is 12.4. The van der Waals surface area contributed by atoms with E-state index in [2.05, 4.69) is 15.5 Å². The van der Waals surface area contributed by atoms with Gasteiger partial charge in [0.2, 0.25) is 17.7 Å². The van der Waals surface area contributed by atoms with E-state index in [1.165, 1.54) is 0 Å². The fourth-order valence-electron chi connectivity index (χ4n) is 3.52. The van der Waals surface area contributed by atoms with Gasteiger partial charge in [-0.3, -0.25) is 4.79 Å². The quantitative estimate of drug-likeness (QED) is 0.710. The second kappa shape index (κ2) is 7.98. The Labute approximate surface area is 163 Å². The molecule has 3 aromatic rings. The first-order chi connectivity index (χ1) is 13.6. The summed E-state index contributed by atoms with van der Waals surface area (Å²) in [5.74, 6) is 0.909. The molecule has 0 aliphatic carbocycles. The van der Waals surface area contributed by atoms with Crippen molar-refractivity contribution in [2.75, 3.05) is 13.2 Å². The van der Waals surface area contributed by atoms with Gasteiger partial charge in [-0.1, -0.05) is 18.2 Å². The van der Waals surface area contributed by atoms with Gasteiger partial charge in [0.05, 0.1) is 11.7 Å². The molecule has 1 atom stereocenters. The fraction of sp³-hybridized carbons (Fsp3) is 0.381. The molecule has 1 fully saturated rings. The first-order valence-electron chi connectivity index (χ1n) is 9.56. The maximum Gasteiger partial charge on any atom is 0.249 e. The number of carbonyl (C=O) groups excluding carboxylic acids is 1. The van der Waals surface area contributed by atoms with Gasteiger partial charge in [-0.05, 0) is 44.9 Å². The minimum Gasteiger partial charge on any atom is -0.416 e. The molecule has 1 aromatic carbocycles. The highest BCUT2D eigenvalue weighted by Crippen LogP contribution is 2.28. The number of hydrogen-bond donors (Lipinski definition) is 1. The van der Waals surface area contributed by atoms with Crippen molar-refractivity contribution >= 4 is 5.91 Å². The van der Waals surface area contributed by atoms with Gasteiger partial charge in [0, 0.05) is 30.1 Å². The third-order valence-corrected chi connectivity index (χ3v) is 5.10. The Bertz CT molecular complexity index is 955. The highest BCUT2D eigenvalue weighted by Gasteiger charge is 2.20. The van der Waals surface area contributed by atoms with Crippen LogP contribution in [0.1, 0.15) is 24.2 Å². The molecule has 2 aromatic heterocycles. The number of aryl methyl sites for hydroxylation is 1. The molecule has 7 heteroatoms. The van der Waals surface area contributed by atoms with Crippen LogP contribution in [-0.4, -0.2) is 39.9 Å². The summed E-state index contributed by atoms with van der Waals surface area (Å²) in [4.78, 5) is 12.4. The van der Waals surface area contributed by atoms with E-state index in [9.17, 15) is 4.79 Å². The van der Waals surface area contributed by atoms with Crippen molar-refractivity contribution in [3.63, 3.8) is 0 Å². The standard InChI is InChI=1S/C21H24N4O3/c1-14-11-18(21-24-23-20(28-21)16-7-4-3-5-8-16)15(2)25(14)13-19(26)22-12-17-9-6-10-27-17/h3-5,7-8,11,17H,6,9-10,12-13H2,1-2H3,(H,22,26)/t17-/m1/s1. The highest BCUT2D eigenvalue weighted by molar-refractivity contribution is 5.76. The highest BCUT2D eigenvalue weighted by atomic mass is 16.5. The lowest BCUT2D eigenvalue weighted by Gasteiger charge is -2.13. The average Bonchev–Trinajstić information content (AvgIpc) is 3.45. The summed E-state index contributed by atoms with van der Waals surface area (Å²) in [5.41, 5.74) is 3.62. The van der Waals surface area contributed by atoms with Crippen molar-refractivity contribution in [3.8, 4) is 22.9 Å². The second-order valence-corrected chi connectivity index (χ2v) is 7.09. The number of rotatable bonds is 6. The largest absolute Gasteiger partial charge is 0.416 e. The molecule has 28 heavy (non-hydrogen) atoms. The van der Waals surface area contributed by atoms with Crippen LogP contribution in [0.15, 0.2) is 40.8 Å². The molecule has 1 aliphatic rings. The summed E-state index contributed by atoms with van der Waals surface area (Å²) in [6, 6.07) is 11.6. The molecular formula is C21H24N4O3. The average molecular weight is 380 g/mol. The van der Waals surface area contributed by atoms with Gasteiger partial charge in [-0.25, -0.2) is 0 Å². The van der Waals surface area contributed by atoms with E-state index in [1.54, 1.807) is 0 Å². The Morgan fingerprint density at radius 1 is 1.21 bits per heavy atom. The van der Waals surface area contributed by atoms with E-state index < -0.39 is 0 Å². The van der Waals surface area contributed by atoms with E-state index in [-0.39, 0.29) is 18.6 Å².